The number of benzene rings is 1. The minimum Gasteiger partial charge on any atom is -0.508 e. The largest absolute Gasteiger partial charge is 0.508 e. The second-order valence-corrected chi connectivity index (χ2v) is 5.77. The topological polar surface area (TPSA) is 75.4 Å². The monoisotopic (exact) mass is 292 g/mol. The summed E-state index contributed by atoms with van der Waals surface area (Å²) in [5.41, 5.74) is 6.21. The fraction of sp³-hybridized carbons (Fsp3) is 0.467. The van der Waals surface area contributed by atoms with Gasteiger partial charge in [-0.25, -0.2) is 0 Å². The number of phenols is 1. The lowest BCUT2D eigenvalue weighted by Gasteiger charge is -2.26. The number of carbonyl (C=O) groups excluding carboxylic acids is 1. The second-order valence-electron chi connectivity index (χ2n) is 5.33. The van der Waals surface area contributed by atoms with E-state index in [2.05, 4.69) is 5.32 Å². The lowest BCUT2D eigenvalue weighted by atomic mass is 9.85. The number of carbonyl (C=O) groups is 1. The van der Waals surface area contributed by atoms with E-state index in [1.807, 2.05) is 12.1 Å². The van der Waals surface area contributed by atoms with Crippen LogP contribution in [0.25, 0.3) is 0 Å². The molecule has 0 aliphatic heterocycles. The number of hydrogen-bond acceptors (Lipinski definition) is 3. The number of nitrogens with one attached hydrogen (secondary N) is 1. The lowest BCUT2D eigenvalue weighted by molar-refractivity contribution is -0.127. The molecule has 0 heterocycles. The molecule has 0 radical (unpaired) electrons. The predicted molar refractivity (Wildman–Crippen MR) is 82.5 cm³/mol. The van der Waals surface area contributed by atoms with Crippen molar-refractivity contribution in [2.24, 2.45) is 11.1 Å². The minimum absolute atomic E-state index is 0.0405. The fourth-order valence-electron chi connectivity index (χ4n) is 2.72. The van der Waals surface area contributed by atoms with Crippen molar-refractivity contribution < 1.29 is 9.90 Å². The van der Waals surface area contributed by atoms with Gasteiger partial charge in [0.05, 0.1) is 10.4 Å². The first-order chi connectivity index (χ1) is 9.54. The third-order valence-corrected chi connectivity index (χ3v) is 4.39. The van der Waals surface area contributed by atoms with Gasteiger partial charge in [-0.1, -0.05) is 37.2 Å². The number of nitrogens with two attached hydrogens (primary N) is 1. The third-order valence-electron chi connectivity index (χ3n) is 4.00. The van der Waals surface area contributed by atoms with Crippen LogP contribution in [0.5, 0.6) is 5.75 Å². The predicted octanol–water partition coefficient (Wildman–Crippen LogP) is 1.90. The van der Waals surface area contributed by atoms with Crippen molar-refractivity contribution >= 4 is 23.1 Å². The molecule has 108 valence electrons. The quantitative estimate of drug-likeness (QED) is 0.725. The molecular formula is C15H20N2O2S. The number of hydrogen-bond donors (Lipinski definition) is 3. The van der Waals surface area contributed by atoms with Crippen molar-refractivity contribution in [2.75, 3.05) is 6.54 Å². The van der Waals surface area contributed by atoms with Gasteiger partial charge in [0.1, 0.15) is 5.75 Å². The molecule has 1 aromatic rings. The maximum Gasteiger partial charge on any atom is 0.233 e. The van der Waals surface area contributed by atoms with Gasteiger partial charge in [0.15, 0.2) is 0 Å². The van der Waals surface area contributed by atoms with E-state index in [0.29, 0.717) is 11.5 Å². The first-order valence-corrected chi connectivity index (χ1v) is 7.31. The van der Waals surface area contributed by atoms with Crippen LogP contribution in [-0.4, -0.2) is 22.5 Å². The molecule has 1 aliphatic rings. The van der Waals surface area contributed by atoms with E-state index in [-0.39, 0.29) is 11.7 Å². The first kappa shape index (κ1) is 14.8. The van der Waals surface area contributed by atoms with Crippen LogP contribution in [0.1, 0.15) is 31.2 Å². The summed E-state index contributed by atoms with van der Waals surface area (Å²) in [6.45, 7) is 0.550. The van der Waals surface area contributed by atoms with Gasteiger partial charge in [-0.3, -0.25) is 4.79 Å². The highest BCUT2D eigenvalue weighted by atomic mass is 32.1. The lowest BCUT2D eigenvalue weighted by Crippen LogP contribution is -2.47. The summed E-state index contributed by atoms with van der Waals surface area (Å²) >= 11 is 5.09. The SMILES string of the molecule is NC(=S)C1(C(=O)NCCc2ccc(O)cc2)CCCC1. The zero-order chi connectivity index (χ0) is 14.6. The van der Waals surface area contributed by atoms with Crippen molar-refractivity contribution in [3.05, 3.63) is 29.8 Å². The highest BCUT2D eigenvalue weighted by molar-refractivity contribution is 7.80. The molecule has 1 aromatic carbocycles. The highest BCUT2D eigenvalue weighted by Crippen LogP contribution is 2.38. The molecule has 4 nitrogen and oxygen atoms in total. The summed E-state index contributed by atoms with van der Waals surface area (Å²) in [6, 6.07) is 6.98. The van der Waals surface area contributed by atoms with Crippen molar-refractivity contribution in [2.45, 2.75) is 32.1 Å². The van der Waals surface area contributed by atoms with E-state index in [4.69, 9.17) is 18.0 Å². The Morgan fingerprint density at radius 1 is 1.30 bits per heavy atom. The average Bonchev–Trinajstić information content (AvgIpc) is 2.91. The molecule has 0 spiro atoms. The molecule has 1 amide bonds. The van der Waals surface area contributed by atoms with Crippen LogP contribution in [0.2, 0.25) is 0 Å². The second kappa shape index (κ2) is 6.22. The number of amides is 1. The first-order valence-electron chi connectivity index (χ1n) is 6.91. The molecule has 0 unspecified atom stereocenters. The van der Waals surface area contributed by atoms with Gasteiger partial charge < -0.3 is 16.2 Å². The standard InChI is InChI=1S/C15H20N2O2S/c16-13(20)15(8-1-2-9-15)14(19)17-10-7-11-3-5-12(18)6-4-11/h3-6,18H,1-2,7-10H2,(H2,16,20)(H,17,19). The average molecular weight is 292 g/mol. The molecule has 0 saturated heterocycles. The summed E-state index contributed by atoms with van der Waals surface area (Å²) in [4.78, 5) is 12.7. The molecule has 2 rings (SSSR count). The number of thiocarbonyl (C=S) groups is 1. The molecule has 4 N–H and O–H groups in total. The zero-order valence-corrected chi connectivity index (χ0v) is 12.2. The van der Waals surface area contributed by atoms with Gasteiger partial charge in [0.25, 0.3) is 0 Å². The number of aromatic hydroxyl groups is 1. The molecule has 1 aliphatic carbocycles. The molecule has 5 heteroatoms. The Hall–Kier alpha value is -1.62. The summed E-state index contributed by atoms with van der Waals surface area (Å²) < 4.78 is 0. The fourth-order valence-corrected chi connectivity index (χ4v) is 3.01. The van der Waals surface area contributed by atoms with Crippen LogP contribution in [0.3, 0.4) is 0 Å². The van der Waals surface area contributed by atoms with E-state index in [0.717, 1.165) is 37.7 Å². The van der Waals surface area contributed by atoms with E-state index >= 15 is 0 Å². The van der Waals surface area contributed by atoms with Gasteiger partial charge in [-0.05, 0) is 37.0 Å². The normalized spacial score (nSPS) is 16.8. The molecule has 1 saturated carbocycles. The van der Waals surface area contributed by atoms with Gasteiger partial charge >= 0.3 is 0 Å². The molecule has 20 heavy (non-hydrogen) atoms. The van der Waals surface area contributed by atoms with Crippen molar-refractivity contribution in [3.63, 3.8) is 0 Å². The van der Waals surface area contributed by atoms with Crippen LogP contribution in [0.4, 0.5) is 0 Å². The summed E-state index contributed by atoms with van der Waals surface area (Å²) in [5.74, 6) is 0.206. The Morgan fingerprint density at radius 3 is 2.45 bits per heavy atom. The van der Waals surface area contributed by atoms with Crippen LogP contribution >= 0.6 is 12.2 Å². The van der Waals surface area contributed by atoms with E-state index in [1.165, 1.54) is 0 Å². The smallest absolute Gasteiger partial charge is 0.233 e. The van der Waals surface area contributed by atoms with E-state index < -0.39 is 5.41 Å². The van der Waals surface area contributed by atoms with E-state index in [9.17, 15) is 9.90 Å². The van der Waals surface area contributed by atoms with Gasteiger partial charge in [-0.15, -0.1) is 0 Å². The summed E-state index contributed by atoms with van der Waals surface area (Å²) in [7, 11) is 0. The zero-order valence-electron chi connectivity index (χ0n) is 11.4. The number of rotatable bonds is 5. The van der Waals surface area contributed by atoms with Gasteiger partial charge in [-0.2, -0.15) is 0 Å². The van der Waals surface area contributed by atoms with Crippen LogP contribution in [0.15, 0.2) is 24.3 Å². The molecule has 1 fully saturated rings. The van der Waals surface area contributed by atoms with Crippen LogP contribution in [0, 0.1) is 5.41 Å². The number of phenolic OH excluding ortho intramolecular Hbond substituents is 1. The van der Waals surface area contributed by atoms with E-state index in [1.54, 1.807) is 12.1 Å². The molecule has 0 aromatic heterocycles. The van der Waals surface area contributed by atoms with Crippen LogP contribution < -0.4 is 11.1 Å². The summed E-state index contributed by atoms with van der Waals surface area (Å²) in [5, 5.41) is 12.2. The Bertz CT molecular complexity index is 493. The molecule has 0 bridgehead atoms. The van der Waals surface area contributed by atoms with Gasteiger partial charge in [0, 0.05) is 6.54 Å². The molecule has 0 atom stereocenters. The maximum atomic E-state index is 12.3. The maximum absolute atomic E-state index is 12.3. The van der Waals surface area contributed by atoms with Crippen molar-refractivity contribution in [1.29, 1.82) is 0 Å². The summed E-state index contributed by atoms with van der Waals surface area (Å²) in [6.07, 6.45) is 4.24. The Morgan fingerprint density at radius 2 is 1.90 bits per heavy atom. The van der Waals surface area contributed by atoms with Crippen molar-refractivity contribution in [3.8, 4) is 5.75 Å². The highest BCUT2D eigenvalue weighted by Gasteiger charge is 2.43. The van der Waals surface area contributed by atoms with Gasteiger partial charge in [0.2, 0.25) is 5.91 Å². The molecular weight excluding hydrogens is 272 g/mol. The Kier molecular flexibility index (Phi) is 4.60. The minimum atomic E-state index is -0.635. The Balaban J connectivity index is 1.88. The van der Waals surface area contributed by atoms with Crippen LogP contribution in [-0.2, 0) is 11.2 Å². The van der Waals surface area contributed by atoms with Crippen molar-refractivity contribution in [1.82, 2.24) is 5.32 Å². The third kappa shape index (κ3) is 3.10. The Labute approximate surface area is 124 Å².